The number of imide groups is 1. The molecule has 1 unspecified atom stereocenters. The molecular formula is C21H31FN6O2. The van der Waals surface area contributed by atoms with E-state index < -0.39 is 11.9 Å². The van der Waals surface area contributed by atoms with Gasteiger partial charge >= 0.3 is 0 Å². The molecule has 3 fully saturated rings. The van der Waals surface area contributed by atoms with Gasteiger partial charge in [0, 0.05) is 44.7 Å². The van der Waals surface area contributed by atoms with E-state index in [4.69, 9.17) is 0 Å². The zero-order chi connectivity index (χ0) is 21.1. The van der Waals surface area contributed by atoms with E-state index >= 15 is 0 Å². The van der Waals surface area contributed by atoms with Crippen LogP contribution in [0, 0.1) is 11.7 Å². The fraction of sp³-hybridized carbons (Fsp3) is 0.667. The molecule has 0 bridgehead atoms. The van der Waals surface area contributed by atoms with Gasteiger partial charge in [-0.25, -0.2) is 9.37 Å². The van der Waals surface area contributed by atoms with Crippen LogP contribution in [-0.4, -0.2) is 73.1 Å². The number of hydrogen-bond acceptors (Lipinski definition) is 7. The second-order valence-corrected chi connectivity index (χ2v) is 8.66. The highest BCUT2D eigenvalue weighted by Crippen LogP contribution is 2.25. The van der Waals surface area contributed by atoms with Gasteiger partial charge in [-0.15, -0.1) is 0 Å². The Morgan fingerprint density at radius 2 is 2.03 bits per heavy atom. The first-order valence-corrected chi connectivity index (χ1v) is 10.9. The van der Waals surface area contributed by atoms with Gasteiger partial charge in [0.15, 0.2) is 11.6 Å². The Balaban J connectivity index is 1.34. The van der Waals surface area contributed by atoms with Crippen molar-refractivity contribution in [2.75, 3.05) is 49.5 Å². The Kier molecular flexibility index (Phi) is 6.48. The van der Waals surface area contributed by atoms with E-state index in [0.29, 0.717) is 24.0 Å². The maximum Gasteiger partial charge on any atom is 0.249 e. The van der Waals surface area contributed by atoms with Crippen molar-refractivity contribution in [3.8, 4) is 0 Å². The lowest BCUT2D eigenvalue weighted by atomic mass is 9.96. The number of amides is 2. The molecule has 3 aliphatic rings. The van der Waals surface area contributed by atoms with Crippen LogP contribution in [0.15, 0.2) is 12.3 Å². The third-order valence-corrected chi connectivity index (χ3v) is 6.42. The fourth-order valence-electron chi connectivity index (χ4n) is 4.63. The Labute approximate surface area is 176 Å². The average molecular weight is 419 g/mol. The minimum Gasteiger partial charge on any atom is -0.372 e. The normalized spacial score (nSPS) is 26.5. The topological polar surface area (TPSA) is 89.6 Å². The molecule has 0 aliphatic carbocycles. The van der Waals surface area contributed by atoms with Crippen LogP contribution in [0.3, 0.4) is 0 Å². The minimum absolute atomic E-state index is 0.272. The molecule has 4 rings (SSSR count). The van der Waals surface area contributed by atoms with Gasteiger partial charge in [-0.3, -0.25) is 19.8 Å². The van der Waals surface area contributed by atoms with E-state index in [0.717, 1.165) is 45.2 Å². The highest BCUT2D eigenvalue weighted by atomic mass is 19.1. The van der Waals surface area contributed by atoms with E-state index in [1.807, 2.05) is 4.90 Å². The molecule has 4 heterocycles. The Morgan fingerprint density at radius 1 is 1.23 bits per heavy atom. The molecule has 3 N–H and O–H groups in total. The second-order valence-electron chi connectivity index (χ2n) is 8.66. The Bertz CT molecular complexity index is 785. The van der Waals surface area contributed by atoms with Crippen LogP contribution >= 0.6 is 0 Å². The van der Waals surface area contributed by atoms with Crippen molar-refractivity contribution in [1.29, 1.82) is 0 Å². The van der Waals surface area contributed by atoms with Gasteiger partial charge in [-0.2, -0.15) is 0 Å². The molecule has 0 aromatic carbocycles. The number of hydrogen-bond donors (Lipinski definition) is 3. The van der Waals surface area contributed by atoms with Gasteiger partial charge in [0.1, 0.15) is 6.04 Å². The lowest BCUT2D eigenvalue weighted by Crippen LogP contribution is -2.54. The number of carbonyl (C=O) groups excluding carboxylic acids is 2. The van der Waals surface area contributed by atoms with E-state index in [1.54, 1.807) is 6.20 Å². The van der Waals surface area contributed by atoms with E-state index in [9.17, 15) is 14.0 Å². The van der Waals surface area contributed by atoms with Crippen LogP contribution in [0.2, 0.25) is 0 Å². The van der Waals surface area contributed by atoms with Crippen LogP contribution < -0.4 is 20.9 Å². The summed E-state index contributed by atoms with van der Waals surface area (Å²) in [5.41, 5.74) is 0.448. The molecule has 164 valence electrons. The van der Waals surface area contributed by atoms with Gasteiger partial charge in [-0.1, -0.05) is 0 Å². The van der Waals surface area contributed by atoms with Crippen LogP contribution in [0.25, 0.3) is 0 Å². The first-order chi connectivity index (χ1) is 14.5. The van der Waals surface area contributed by atoms with Gasteiger partial charge in [0.05, 0.1) is 11.9 Å². The smallest absolute Gasteiger partial charge is 0.249 e. The number of piperazine rings is 1. The van der Waals surface area contributed by atoms with Crippen molar-refractivity contribution in [1.82, 2.24) is 20.5 Å². The highest BCUT2D eigenvalue weighted by molar-refractivity contribution is 6.01. The fourth-order valence-corrected chi connectivity index (χ4v) is 4.63. The molecule has 8 nitrogen and oxygen atoms in total. The molecule has 3 saturated heterocycles. The van der Waals surface area contributed by atoms with Crippen molar-refractivity contribution < 1.29 is 14.0 Å². The van der Waals surface area contributed by atoms with Crippen molar-refractivity contribution in [3.05, 3.63) is 18.1 Å². The number of pyridine rings is 1. The molecule has 1 aromatic heterocycles. The van der Waals surface area contributed by atoms with Crippen molar-refractivity contribution >= 4 is 23.3 Å². The number of aromatic nitrogens is 1. The number of piperidine rings is 2. The minimum atomic E-state index is -0.548. The molecule has 9 heteroatoms. The summed E-state index contributed by atoms with van der Waals surface area (Å²) >= 11 is 0. The van der Waals surface area contributed by atoms with Crippen molar-refractivity contribution in [2.45, 2.75) is 44.7 Å². The van der Waals surface area contributed by atoms with Crippen LogP contribution in [-0.2, 0) is 9.59 Å². The largest absolute Gasteiger partial charge is 0.372 e. The number of carbonyl (C=O) groups is 2. The zero-order valence-corrected chi connectivity index (χ0v) is 17.5. The summed E-state index contributed by atoms with van der Waals surface area (Å²) in [5, 5.41) is 8.69. The summed E-state index contributed by atoms with van der Waals surface area (Å²) in [6, 6.07) is 1.18. The predicted molar refractivity (Wildman–Crippen MR) is 113 cm³/mol. The molecule has 0 spiro atoms. The van der Waals surface area contributed by atoms with Gasteiger partial charge in [-0.05, 0) is 45.2 Å². The SMILES string of the molecule is C[C@H]1CN(c2ncc(NC3CCC(=O)NC3=O)cc2F)CCN1CC1CCNCC1. The average Bonchev–Trinajstić information content (AvgIpc) is 2.73. The van der Waals surface area contributed by atoms with Gasteiger partial charge in [0.2, 0.25) is 11.8 Å². The first kappa shape index (κ1) is 21.0. The monoisotopic (exact) mass is 418 g/mol. The number of anilines is 2. The number of nitrogens with one attached hydrogen (secondary N) is 3. The van der Waals surface area contributed by atoms with Crippen LogP contribution in [0.1, 0.15) is 32.6 Å². The zero-order valence-electron chi connectivity index (χ0n) is 17.5. The molecule has 2 amide bonds. The third-order valence-electron chi connectivity index (χ3n) is 6.42. The lowest BCUT2D eigenvalue weighted by Gasteiger charge is -2.42. The Morgan fingerprint density at radius 3 is 2.73 bits per heavy atom. The van der Waals surface area contributed by atoms with E-state index in [-0.39, 0.29) is 18.2 Å². The van der Waals surface area contributed by atoms with E-state index in [2.05, 4.69) is 32.8 Å². The third kappa shape index (κ3) is 4.89. The van der Waals surface area contributed by atoms with E-state index in [1.165, 1.54) is 18.9 Å². The molecular weight excluding hydrogens is 387 g/mol. The second kappa shape index (κ2) is 9.26. The summed E-state index contributed by atoms with van der Waals surface area (Å²) in [5.74, 6) is 0.0526. The lowest BCUT2D eigenvalue weighted by molar-refractivity contribution is -0.133. The Hall–Kier alpha value is -2.26. The summed E-state index contributed by atoms with van der Waals surface area (Å²) in [7, 11) is 0. The molecule has 0 saturated carbocycles. The van der Waals surface area contributed by atoms with Crippen LogP contribution in [0.4, 0.5) is 15.9 Å². The maximum atomic E-state index is 14.8. The summed E-state index contributed by atoms with van der Waals surface area (Å²) < 4.78 is 14.8. The van der Waals surface area contributed by atoms with Gasteiger partial charge < -0.3 is 15.5 Å². The van der Waals surface area contributed by atoms with Crippen molar-refractivity contribution in [3.63, 3.8) is 0 Å². The van der Waals surface area contributed by atoms with Crippen LogP contribution in [0.5, 0.6) is 0 Å². The number of halogens is 1. The predicted octanol–water partition coefficient (Wildman–Crippen LogP) is 0.948. The number of rotatable bonds is 5. The highest BCUT2D eigenvalue weighted by Gasteiger charge is 2.29. The summed E-state index contributed by atoms with van der Waals surface area (Å²) in [6.07, 6.45) is 4.69. The van der Waals surface area contributed by atoms with Gasteiger partial charge in [0.25, 0.3) is 0 Å². The maximum absolute atomic E-state index is 14.8. The van der Waals surface area contributed by atoms with Crippen molar-refractivity contribution in [2.24, 2.45) is 5.92 Å². The molecule has 3 aliphatic heterocycles. The molecule has 30 heavy (non-hydrogen) atoms. The summed E-state index contributed by atoms with van der Waals surface area (Å²) in [4.78, 5) is 32.0. The first-order valence-electron chi connectivity index (χ1n) is 10.9. The molecule has 0 radical (unpaired) electrons. The summed E-state index contributed by atoms with van der Waals surface area (Å²) in [6.45, 7) is 7.92. The molecule has 1 aromatic rings. The number of nitrogens with zero attached hydrogens (tertiary/aromatic N) is 3. The standard InChI is InChI=1S/C21H31FN6O2/c1-14-12-28(9-8-27(14)13-15-4-6-23-7-5-15)20-17(22)10-16(11-24-20)25-18-2-3-19(29)26-21(18)30/h10-11,14-15,18,23,25H,2-9,12-13H2,1H3,(H,26,29,30)/t14-,18?/m0/s1. The quantitative estimate of drug-likeness (QED) is 0.614. The molecule has 2 atom stereocenters.